The molecule has 4 heterocycles. The summed E-state index contributed by atoms with van der Waals surface area (Å²) in [5.41, 5.74) is 1.13. The molecule has 2 amide bonds. The number of hydrogen-bond donors (Lipinski definition) is 1. The first kappa shape index (κ1) is 19.8. The Morgan fingerprint density at radius 1 is 1.31 bits per heavy atom. The molecule has 2 aromatic heterocycles. The Hall–Kier alpha value is -2.48. The number of carbonyl (C=O) groups excluding carboxylic acids is 2. The van der Waals surface area contributed by atoms with Crippen molar-refractivity contribution in [3.8, 4) is 0 Å². The first-order valence-corrected chi connectivity index (χ1v) is 11.2. The average Bonchev–Trinajstić information content (AvgIpc) is 3.28. The van der Waals surface area contributed by atoms with Crippen LogP contribution in [0, 0.1) is 0 Å². The van der Waals surface area contributed by atoms with Gasteiger partial charge >= 0.3 is 0 Å². The summed E-state index contributed by atoms with van der Waals surface area (Å²) in [7, 11) is 0. The molecule has 8 heteroatoms. The quantitative estimate of drug-likeness (QED) is 0.833. The van der Waals surface area contributed by atoms with Gasteiger partial charge in [-0.15, -0.1) is 11.3 Å². The van der Waals surface area contributed by atoms with E-state index in [1.165, 1.54) is 11.3 Å². The van der Waals surface area contributed by atoms with Gasteiger partial charge in [0.1, 0.15) is 5.82 Å². The Morgan fingerprint density at radius 2 is 2.17 bits per heavy atom. The van der Waals surface area contributed by atoms with Crippen molar-refractivity contribution in [3.63, 3.8) is 0 Å². The van der Waals surface area contributed by atoms with Gasteiger partial charge in [0.25, 0.3) is 11.5 Å². The zero-order valence-corrected chi connectivity index (χ0v) is 17.5. The summed E-state index contributed by atoms with van der Waals surface area (Å²) in [4.78, 5) is 50.0. The molecule has 1 N–H and O–H groups in total. The molecule has 1 unspecified atom stereocenters. The van der Waals surface area contributed by atoms with E-state index in [0.717, 1.165) is 31.4 Å². The maximum absolute atomic E-state index is 12.8. The molecule has 7 nitrogen and oxygen atoms in total. The second-order valence-corrected chi connectivity index (χ2v) is 8.63. The Bertz CT molecular complexity index is 953. The SMILES string of the molecule is CCCC(=O)N1CCCCC1c1nc2c(c(=O)[nH]1)CN(C(=O)c1cccs1)CC2. The van der Waals surface area contributed by atoms with Gasteiger partial charge in [-0.05, 0) is 37.1 Å². The van der Waals surface area contributed by atoms with E-state index in [1.54, 1.807) is 11.0 Å². The number of hydrogen-bond acceptors (Lipinski definition) is 5. The number of H-pyrrole nitrogens is 1. The minimum Gasteiger partial charge on any atom is -0.333 e. The maximum atomic E-state index is 12.8. The van der Waals surface area contributed by atoms with Crippen LogP contribution in [0.1, 0.15) is 71.8 Å². The first-order valence-electron chi connectivity index (χ1n) is 10.3. The van der Waals surface area contributed by atoms with Crippen LogP contribution >= 0.6 is 11.3 Å². The number of aromatic nitrogens is 2. The van der Waals surface area contributed by atoms with Crippen LogP contribution in [0.25, 0.3) is 0 Å². The Kier molecular flexibility index (Phi) is 5.80. The van der Waals surface area contributed by atoms with E-state index in [-0.39, 0.29) is 30.0 Å². The molecule has 1 saturated heterocycles. The zero-order valence-electron chi connectivity index (χ0n) is 16.6. The van der Waals surface area contributed by atoms with Crippen LogP contribution in [0.3, 0.4) is 0 Å². The first-order chi connectivity index (χ1) is 14.1. The van der Waals surface area contributed by atoms with Crippen LogP contribution in [0.5, 0.6) is 0 Å². The number of rotatable bonds is 4. The van der Waals surface area contributed by atoms with Crippen molar-refractivity contribution >= 4 is 23.2 Å². The lowest BCUT2D eigenvalue weighted by molar-refractivity contribution is -0.135. The number of likely N-dealkylation sites (tertiary alicyclic amines) is 1. The van der Waals surface area contributed by atoms with Gasteiger partial charge in [0.15, 0.2) is 0 Å². The van der Waals surface area contributed by atoms with Crippen LogP contribution < -0.4 is 5.56 Å². The van der Waals surface area contributed by atoms with Crippen molar-refractivity contribution in [2.75, 3.05) is 13.1 Å². The predicted molar refractivity (Wildman–Crippen MR) is 111 cm³/mol. The third-order valence-corrected chi connectivity index (χ3v) is 6.57. The molecule has 154 valence electrons. The van der Waals surface area contributed by atoms with Crippen molar-refractivity contribution in [1.82, 2.24) is 19.8 Å². The average molecular weight is 415 g/mol. The number of carbonyl (C=O) groups is 2. The Morgan fingerprint density at radius 3 is 2.93 bits per heavy atom. The van der Waals surface area contributed by atoms with Gasteiger partial charge in [0.05, 0.1) is 28.7 Å². The van der Waals surface area contributed by atoms with E-state index in [9.17, 15) is 14.4 Å². The van der Waals surface area contributed by atoms with Crippen molar-refractivity contribution in [2.45, 2.75) is 58.0 Å². The third-order valence-electron chi connectivity index (χ3n) is 5.71. The number of piperidine rings is 1. The van der Waals surface area contributed by atoms with E-state index in [1.807, 2.05) is 23.3 Å². The van der Waals surface area contributed by atoms with Gasteiger partial charge in [-0.1, -0.05) is 13.0 Å². The summed E-state index contributed by atoms with van der Waals surface area (Å²) in [6, 6.07) is 3.50. The highest BCUT2D eigenvalue weighted by Crippen LogP contribution is 2.30. The number of nitrogens with one attached hydrogen (secondary N) is 1. The molecule has 0 radical (unpaired) electrons. The van der Waals surface area contributed by atoms with Gasteiger partial charge in [-0.25, -0.2) is 4.98 Å². The van der Waals surface area contributed by atoms with Gasteiger partial charge in [0, 0.05) is 25.9 Å². The highest BCUT2D eigenvalue weighted by molar-refractivity contribution is 7.12. The van der Waals surface area contributed by atoms with Crippen molar-refractivity contribution in [1.29, 1.82) is 0 Å². The molecule has 1 atom stereocenters. The molecular weight excluding hydrogens is 388 g/mol. The summed E-state index contributed by atoms with van der Waals surface area (Å²) < 4.78 is 0. The molecule has 4 rings (SSSR count). The van der Waals surface area contributed by atoms with E-state index < -0.39 is 0 Å². The molecule has 29 heavy (non-hydrogen) atoms. The molecule has 0 bridgehead atoms. The minimum absolute atomic E-state index is 0.0438. The lowest BCUT2D eigenvalue weighted by atomic mass is 9.99. The maximum Gasteiger partial charge on any atom is 0.264 e. The van der Waals surface area contributed by atoms with E-state index in [4.69, 9.17) is 4.98 Å². The molecule has 0 saturated carbocycles. The Labute approximate surface area is 173 Å². The number of nitrogens with zero attached hydrogens (tertiary/aromatic N) is 3. The molecule has 2 aliphatic heterocycles. The summed E-state index contributed by atoms with van der Waals surface area (Å²) in [5.74, 6) is 0.680. The predicted octanol–water partition coefficient (Wildman–Crippen LogP) is 2.88. The summed E-state index contributed by atoms with van der Waals surface area (Å²) in [6.07, 6.45) is 4.71. The fraction of sp³-hybridized carbons (Fsp3) is 0.524. The topological polar surface area (TPSA) is 86.4 Å². The highest BCUT2D eigenvalue weighted by atomic mass is 32.1. The number of fused-ring (bicyclic) bond motifs is 1. The molecule has 1 fully saturated rings. The summed E-state index contributed by atoms with van der Waals surface area (Å²) in [5, 5.41) is 1.88. The minimum atomic E-state index is -0.192. The summed E-state index contributed by atoms with van der Waals surface area (Å²) in [6.45, 7) is 3.53. The van der Waals surface area contributed by atoms with Crippen molar-refractivity contribution in [2.24, 2.45) is 0 Å². The number of thiophene rings is 1. The van der Waals surface area contributed by atoms with Crippen LogP contribution in [-0.2, 0) is 17.8 Å². The van der Waals surface area contributed by atoms with Crippen molar-refractivity contribution < 1.29 is 9.59 Å². The highest BCUT2D eigenvalue weighted by Gasteiger charge is 2.31. The van der Waals surface area contributed by atoms with Gasteiger partial charge in [-0.2, -0.15) is 0 Å². The molecule has 0 aromatic carbocycles. The second kappa shape index (κ2) is 8.49. The van der Waals surface area contributed by atoms with E-state index >= 15 is 0 Å². The second-order valence-electron chi connectivity index (χ2n) is 7.68. The van der Waals surface area contributed by atoms with Crippen LogP contribution in [0.4, 0.5) is 0 Å². The van der Waals surface area contributed by atoms with Gasteiger partial charge < -0.3 is 14.8 Å². The third kappa shape index (κ3) is 3.99. The van der Waals surface area contributed by atoms with Crippen LogP contribution in [-0.4, -0.2) is 44.7 Å². The normalized spacial score (nSPS) is 19.1. The number of aromatic amines is 1. The van der Waals surface area contributed by atoms with Crippen LogP contribution in [0.2, 0.25) is 0 Å². The fourth-order valence-corrected chi connectivity index (χ4v) is 4.89. The molecular formula is C21H26N4O3S. The largest absolute Gasteiger partial charge is 0.333 e. The lowest BCUT2D eigenvalue weighted by Crippen LogP contribution is -2.42. The number of amides is 2. The Balaban J connectivity index is 1.58. The van der Waals surface area contributed by atoms with E-state index in [0.29, 0.717) is 42.2 Å². The fourth-order valence-electron chi connectivity index (χ4n) is 4.20. The van der Waals surface area contributed by atoms with E-state index in [2.05, 4.69) is 4.98 Å². The van der Waals surface area contributed by atoms with Gasteiger partial charge in [0.2, 0.25) is 5.91 Å². The zero-order chi connectivity index (χ0) is 20.4. The molecule has 0 aliphatic carbocycles. The molecule has 0 spiro atoms. The molecule has 2 aromatic rings. The van der Waals surface area contributed by atoms with Gasteiger partial charge in [-0.3, -0.25) is 14.4 Å². The van der Waals surface area contributed by atoms with Crippen LogP contribution in [0.15, 0.2) is 22.3 Å². The lowest BCUT2D eigenvalue weighted by Gasteiger charge is -2.36. The van der Waals surface area contributed by atoms with Crippen molar-refractivity contribution in [3.05, 3.63) is 49.8 Å². The standard InChI is InChI=1S/C21H26N4O3S/c1-2-6-18(26)25-10-4-3-7-16(25)19-22-15-9-11-24(13-14(15)20(27)23-19)21(28)17-8-5-12-29-17/h5,8,12,16H,2-4,6-7,9-11,13H2,1H3,(H,22,23,27). The monoisotopic (exact) mass is 414 g/mol. The molecule has 2 aliphatic rings. The smallest absolute Gasteiger partial charge is 0.264 e. The summed E-state index contributed by atoms with van der Waals surface area (Å²) >= 11 is 1.41.